The number of rotatable bonds is 0. The third-order valence-electron chi connectivity index (χ3n) is 1.26. The van der Waals surface area contributed by atoms with Crippen molar-refractivity contribution >= 4 is 7.82 Å². The minimum atomic E-state index is -3.41. The third-order valence-corrected chi connectivity index (χ3v) is 2.46. The van der Waals surface area contributed by atoms with Crippen molar-refractivity contribution in [2.45, 2.75) is 0 Å². The first kappa shape index (κ1) is 5.31. The summed E-state index contributed by atoms with van der Waals surface area (Å²) >= 11 is 0. The highest BCUT2D eigenvalue weighted by Crippen LogP contribution is 2.66. The molecule has 0 aromatic carbocycles. The van der Waals surface area contributed by atoms with Gasteiger partial charge in [-0.05, 0) is 5.21 Å². The molecule has 0 atom stereocenters. The van der Waals surface area contributed by atoms with Gasteiger partial charge in [0.2, 0.25) is 0 Å². The van der Waals surface area contributed by atoms with E-state index >= 15 is 0 Å². The first-order chi connectivity index (χ1) is 5.27. The van der Waals surface area contributed by atoms with Crippen molar-refractivity contribution in [3.63, 3.8) is 0 Å². The van der Waals surface area contributed by atoms with Gasteiger partial charge in [-0.25, -0.2) is 0 Å². The molecule has 1 aromatic rings. The lowest BCUT2D eigenvalue weighted by molar-refractivity contribution is 0.339. The average molecular weight is 173 g/mol. The van der Waals surface area contributed by atoms with E-state index < -0.39 is 7.82 Å². The summed E-state index contributed by atoms with van der Waals surface area (Å²) in [4.78, 5) is 0. The number of fused-ring (bicyclic) bond motifs is 1. The fourth-order valence-corrected chi connectivity index (χ4v) is 2.02. The van der Waals surface area contributed by atoms with Gasteiger partial charge in [-0.15, -0.1) is 0 Å². The molecule has 0 saturated carbocycles. The Labute approximate surface area is 59.9 Å². The molecule has 8 heteroatoms. The molecule has 56 valence electrons. The fourth-order valence-electron chi connectivity index (χ4n) is 0.863. The van der Waals surface area contributed by atoms with Crippen LogP contribution in [0.5, 0.6) is 17.5 Å². The maximum atomic E-state index is 11.1. The summed E-state index contributed by atoms with van der Waals surface area (Å²) in [5, 5.41) is 10.1. The Bertz CT molecular complexity index is 356. The van der Waals surface area contributed by atoms with E-state index in [-0.39, 0.29) is 17.5 Å². The number of phosphoric acid groups is 1. The van der Waals surface area contributed by atoms with E-state index in [1.165, 1.54) is 0 Å². The Balaban J connectivity index is 2.41. The lowest BCUT2D eigenvalue weighted by atomic mass is 10.6. The van der Waals surface area contributed by atoms with Crippen LogP contribution in [0, 0.1) is 0 Å². The van der Waals surface area contributed by atoms with Gasteiger partial charge in [0.25, 0.3) is 17.5 Å². The number of hydrogen-bond donors (Lipinski definition) is 0. The Hall–Kier alpha value is -1.36. The average Bonchev–Trinajstić information content (AvgIpc) is 2.37. The highest BCUT2D eigenvalue weighted by atomic mass is 31.2. The van der Waals surface area contributed by atoms with Crippen LogP contribution in [-0.2, 0) is 4.57 Å². The first-order valence-corrected chi connectivity index (χ1v) is 4.15. The van der Waals surface area contributed by atoms with Crippen molar-refractivity contribution in [1.29, 1.82) is 0 Å². The highest BCUT2D eigenvalue weighted by Gasteiger charge is 2.52. The molecule has 3 rings (SSSR count). The number of hydrogen-bond acceptors (Lipinski definition) is 7. The fraction of sp³-hybridized carbons (Fsp3) is 0. The summed E-state index contributed by atoms with van der Waals surface area (Å²) in [5.74, 6) is 0.359. The summed E-state index contributed by atoms with van der Waals surface area (Å²) in [5.41, 5.74) is 0. The van der Waals surface area contributed by atoms with Crippen LogP contribution in [0.25, 0.3) is 0 Å². The van der Waals surface area contributed by atoms with Crippen LogP contribution in [0.2, 0.25) is 0 Å². The van der Waals surface area contributed by atoms with Crippen LogP contribution < -0.4 is 13.6 Å². The van der Waals surface area contributed by atoms with Crippen molar-refractivity contribution in [2.75, 3.05) is 0 Å². The van der Waals surface area contributed by atoms with E-state index in [0.717, 1.165) is 0 Å². The smallest absolute Gasteiger partial charge is 0.374 e. The van der Waals surface area contributed by atoms with Crippen LogP contribution in [0.4, 0.5) is 0 Å². The van der Waals surface area contributed by atoms with Crippen LogP contribution in [0.15, 0.2) is 0 Å². The Kier molecular flexibility index (Phi) is 0.631. The Morgan fingerprint density at radius 3 is 2.18 bits per heavy atom. The second kappa shape index (κ2) is 1.31. The molecule has 2 aliphatic rings. The van der Waals surface area contributed by atoms with Gasteiger partial charge in [0.1, 0.15) is 0 Å². The zero-order valence-corrected chi connectivity index (χ0v) is 5.82. The predicted molar refractivity (Wildman–Crippen MR) is 29.3 cm³/mol. The van der Waals surface area contributed by atoms with Crippen molar-refractivity contribution < 1.29 is 18.1 Å². The van der Waals surface area contributed by atoms with Crippen LogP contribution >= 0.6 is 7.82 Å². The van der Waals surface area contributed by atoms with Gasteiger partial charge in [0.15, 0.2) is 0 Å². The van der Waals surface area contributed by atoms with E-state index in [2.05, 4.69) is 24.5 Å². The zero-order chi connectivity index (χ0) is 7.47. The molecule has 11 heavy (non-hydrogen) atoms. The van der Waals surface area contributed by atoms with Gasteiger partial charge in [0, 0.05) is 0 Å². The van der Waals surface area contributed by atoms with Gasteiger partial charge in [-0.1, -0.05) is 10.2 Å². The van der Waals surface area contributed by atoms with Gasteiger partial charge in [-0.3, -0.25) is 0 Å². The van der Waals surface area contributed by atoms with Gasteiger partial charge < -0.3 is 13.6 Å². The van der Waals surface area contributed by atoms with Gasteiger partial charge in [-0.2, -0.15) is 4.57 Å². The SMILES string of the molecule is O=P12Oc3nnnc(c3O1)O2. The van der Waals surface area contributed by atoms with Crippen molar-refractivity contribution in [3.05, 3.63) is 0 Å². The van der Waals surface area contributed by atoms with Gasteiger partial charge >= 0.3 is 7.82 Å². The Morgan fingerprint density at radius 2 is 1.73 bits per heavy atom. The summed E-state index contributed by atoms with van der Waals surface area (Å²) in [6.45, 7) is 0. The van der Waals surface area contributed by atoms with Crippen LogP contribution in [0.3, 0.4) is 0 Å². The number of phosphoric ester groups is 1. The molecule has 7 nitrogen and oxygen atoms in total. The molecule has 2 aliphatic heterocycles. The molecule has 3 heterocycles. The van der Waals surface area contributed by atoms with Crippen LogP contribution in [0.1, 0.15) is 0 Å². The quantitative estimate of drug-likeness (QED) is 0.516. The highest BCUT2D eigenvalue weighted by molar-refractivity contribution is 7.50. The van der Waals surface area contributed by atoms with Crippen LogP contribution in [-0.4, -0.2) is 15.4 Å². The zero-order valence-electron chi connectivity index (χ0n) is 4.92. The molecule has 0 amide bonds. The molecule has 0 saturated heterocycles. The Morgan fingerprint density at radius 1 is 1.09 bits per heavy atom. The van der Waals surface area contributed by atoms with E-state index in [0.29, 0.717) is 0 Å². The van der Waals surface area contributed by atoms with E-state index in [1.54, 1.807) is 0 Å². The van der Waals surface area contributed by atoms with E-state index in [9.17, 15) is 4.57 Å². The van der Waals surface area contributed by atoms with Gasteiger partial charge in [0.05, 0.1) is 0 Å². The molecule has 0 fully saturated rings. The summed E-state index contributed by atoms with van der Waals surface area (Å²) in [6, 6.07) is 0. The maximum Gasteiger partial charge on any atom is 0.650 e. The molecule has 0 aliphatic carbocycles. The summed E-state index contributed by atoms with van der Waals surface area (Å²) in [6.07, 6.45) is 0. The second-order valence-electron chi connectivity index (χ2n) is 1.95. The number of nitrogens with zero attached hydrogens (tertiary/aromatic N) is 3. The molecular weight excluding hydrogens is 173 g/mol. The third kappa shape index (κ3) is 0.499. The van der Waals surface area contributed by atoms with Crippen molar-refractivity contribution in [2.24, 2.45) is 0 Å². The molecule has 2 bridgehead atoms. The lowest BCUT2D eigenvalue weighted by Crippen LogP contribution is -2.01. The molecule has 0 radical (unpaired) electrons. The van der Waals surface area contributed by atoms with Crippen molar-refractivity contribution in [3.8, 4) is 17.5 Å². The molecular formula is C3N3O4P. The van der Waals surface area contributed by atoms with E-state index in [1.807, 2.05) is 0 Å². The molecule has 0 unspecified atom stereocenters. The molecule has 0 spiro atoms. The summed E-state index contributed by atoms with van der Waals surface area (Å²) < 4.78 is 25.2. The standard InChI is InChI=1S/C3N3O4P/c7-11-8-1-2(9-11)4-6-5-3(1)10-11. The maximum absolute atomic E-state index is 11.1. The second-order valence-corrected chi connectivity index (χ2v) is 3.39. The number of aromatic nitrogens is 3. The first-order valence-electron chi connectivity index (χ1n) is 2.69. The normalized spacial score (nSPS) is 20.4. The van der Waals surface area contributed by atoms with E-state index in [4.69, 9.17) is 4.52 Å². The predicted octanol–water partition coefficient (Wildman–Crippen LogP) is 0.143. The lowest BCUT2D eigenvalue weighted by Gasteiger charge is -2.04. The largest absolute Gasteiger partial charge is 0.650 e. The minimum Gasteiger partial charge on any atom is -0.374 e. The molecule has 0 N–H and O–H groups in total. The summed E-state index contributed by atoms with van der Waals surface area (Å²) in [7, 11) is -3.41. The minimum absolute atomic E-state index is 0.0876. The topological polar surface area (TPSA) is 83.4 Å². The monoisotopic (exact) mass is 173 g/mol. The molecule has 1 aromatic heterocycles. The van der Waals surface area contributed by atoms with Crippen molar-refractivity contribution in [1.82, 2.24) is 15.4 Å².